The summed E-state index contributed by atoms with van der Waals surface area (Å²) in [7, 11) is 0. The lowest BCUT2D eigenvalue weighted by Crippen LogP contribution is -2.52. The van der Waals surface area contributed by atoms with Gasteiger partial charge in [-0.25, -0.2) is 0 Å². The summed E-state index contributed by atoms with van der Waals surface area (Å²) < 4.78 is 0. The van der Waals surface area contributed by atoms with E-state index in [4.69, 9.17) is 5.11 Å². The minimum atomic E-state index is 0.214. The van der Waals surface area contributed by atoms with E-state index >= 15 is 0 Å². The molecule has 0 saturated carbocycles. The van der Waals surface area contributed by atoms with Gasteiger partial charge in [-0.1, -0.05) is 0 Å². The molecule has 92 valence electrons. The number of aliphatic hydroxyl groups excluding tert-OH is 1. The molecule has 2 rings (SSSR count). The number of thioether (sulfide) groups is 1. The zero-order valence-electron chi connectivity index (χ0n) is 9.52. The zero-order chi connectivity index (χ0) is 11.4. The van der Waals surface area contributed by atoms with Crippen molar-refractivity contribution in [3.63, 3.8) is 0 Å². The Hall–Kier alpha value is -0.260. The highest BCUT2D eigenvalue weighted by atomic mass is 32.2. The van der Waals surface area contributed by atoms with Crippen LogP contribution in [-0.4, -0.2) is 59.7 Å². The Morgan fingerprint density at radius 1 is 1.38 bits per heavy atom. The Bertz CT molecular complexity index is 238. The quantitative estimate of drug-likeness (QED) is 0.726. The molecular formula is C11H20N2O2S. The van der Waals surface area contributed by atoms with Crippen molar-refractivity contribution in [3.8, 4) is 0 Å². The zero-order valence-corrected chi connectivity index (χ0v) is 10.3. The van der Waals surface area contributed by atoms with Gasteiger partial charge in [0, 0.05) is 30.9 Å². The maximum Gasteiger partial charge on any atom is 0.232 e. The number of aliphatic hydroxyl groups is 1. The third-order valence-corrected chi connectivity index (χ3v) is 4.65. The molecular weight excluding hydrogens is 224 g/mol. The molecule has 0 spiro atoms. The van der Waals surface area contributed by atoms with E-state index in [1.807, 2.05) is 4.90 Å². The van der Waals surface area contributed by atoms with Crippen LogP contribution in [0.4, 0.5) is 0 Å². The first-order valence-corrected chi connectivity index (χ1v) is 7.05. The number of nitrogens with one attached hydrogen (secondary N) is 1. The molecule has 2 N–H and O–H groups in total. The monoisotopic (exact) mass is 244 g/mol. The molecule has 5 heteroatoms. The van der Waals surface area contributed by atoms with Crippen molar-refractivity contribution in [2.24, 2.45) is 5.92 Å². The molecule has 0 aromatic rings. The lowest BCUT2D eigenvalue weighted by Gasteiger charge is -2.38. The van der Waals surface area contributed by atoms with Crippen molar-refractivity contribution in [2.45, 2.75) is 18.1 Å². The molecule has 2 saturated heterocycles. The summed E-state index contributed by atoms with van der Waals surface area (Å²) in [4.78, 5) is 13.6. The number of rotatable bonds is 4. The number of hydrogen-bond donors (Lipinski definition) is 2. The van der Waals surface area contributed by atoms with E-state index in [-0.39, 0.29) is 12.5 Å². The minimum Gasteiger partial charge on any atom is -0.396 e. The molecule has 0 aromatic heterocycles. The molecule has 1 amide bonds. The van der Waals surface area contributed by atoms with Gasteiger partial charge in [0.2, 0.25) is 5.91 Å². The standard InChI is InChI=1S/C11H20N2O2S/c14-7-9-5-13(6-9)11(15)8-16-10-1-3-12-4-2-10/h9-10,12,14H,1-8H2. The normalized spacial score (nSPS) is 23.2. The molecule has 4 nitrogen and oxygen atoms in total. The van der Waals surface area contributed by atoms with Gasteiger partial charge >= 0.3 is 0 Å². The van der Waals surface area contributed by atoms with E-state index in [0.29, 0.717) is 16.9 Å². The van der Waals surface area contributed by atoms with Crippen molar-refractivity contribution in [1.82, 2.24) is 10.2 Å². The second-order valence-corrected chi connectivity index (χ2v) is 5.90. The summed E-state index contributed by atoms with van der Waals surface area (Å²) in [5.74, 6) is 1.18. The fourth-order valence-corrected chi connectivity index (χ4v) is 3.26. The van der Waals surface area contributed by atoms with Gasteiger partial charge in [-0.05, 0) is 25.9 Å². The lowest BCUT2D eigenvalue weighted by molar-refractivity contribution is -0.135. The van der Waals surface area contributed by atoms with Gasteiger partial charge in [-0.3, -0.25) is 4.79 Å². The average molecular weight is 244 g/mol. The highest BCUT2D eigenvalue weighted by molar-refractivity contribution is 8.00. The largest absolute Gasteiger partial charge is 0.396 e. The number of carbonyl (C=O) groups excluding carboxylic acids is 1. The molecule has 2 aliphatic rings. The van der Waals surface area contributed by atoms with E-state index in [1.165, 1.54) is 12.8 Å². The maximum absolute atomic E-state index is 11.7. The fraction of sp³-hybridized carbons (Fsp3) is 0.909. The Labute approximate surface area is 101 Å². The molecule has 0 unspecified atom stereocenters. The first-order valence-electron chi connectivity index (χ1n) is 6.00. The van der Waals surface area contributed by atoms with Crippen LogP contribution in [0.5, 0.6) is 0 Å². The second-order valence-electron chi connectivity index (χ2n) is 4.61. The van der Waals surface area contributed by atoms with Crippen molar-refractivity contribution in [1.29, 1.82) is 0 Å². The number of hydrogen-bond acceptors (Lipinski definition) is 4. The lowest BCUT2D eigenvalue weighted by atomic mass is 10.0. The summed E-state index contributed by atoms with van der Waals surface area (Å²) in [6.07, 6.45) is 2.36. The van der Waals surface area contributed by atoms with Gasteiger partial charge in [0.25, 0.3) is 0 Å². The molecule has 0 aliphatic carbocycles. The molecule has 2 aliphatic heterocycles. The van der Waals surface area contributed by atoms with Gasteiger partial charge < -0.3 is 15.3 Å². The van der Waals surface area contributed by atoms with Crippen molar-refractivity contribution < 1.29 is 9.90 Å². The summed E-state index contributed by atoms with van der Waals surface area (Å²) in [5, 5.41) is 12.8. The van der Waals surface area contributed by atoms with Crippen LogP contribution in [0, 0.1) is 5.92 Å². The van der Waals surface area contributed by atoms with Crippen LogP contribution in [-0.2, 0) is 4.79 Å². The van der Waals surface area contributed by atoms with Crippen LogP contribution in [0.1, 0.15) is 12.8 Å². The van der Waals surface area contributed by atoms with Gasteiger partial charge in [0.15, 0.2) is 0 Å². The van der Waals surface area contributed by atoms with Gasteiger partial charge in [-0.15, -0.1) is 11.8 Å². The van der Waals surface area contributed by atoms with Crippen LogP contribution >= 0.6 is 11.8 Å². The smallest absolute Gasteiger partial charge is 0.232 e. The van der Waals surface area contributed by atoms with E-state index in [1.54, 1.807) is 11.8 Å². The Kier molecular flexibility index (Phi) is 4.49. The van der Waals surface area contributed by atoms with Gasteiger partial charge in [0.1, 0.15) is 0 Å². The second kappa shape index (κ2) is 5.89. The van der Waals surface area contributed by atoms with Crippen molar-refractivity contribution in [3.05, 3.63) is 0 Å². The first-order chi connectivity index (χ1) is 7.79. The van der Waals surface area contributed by atoms with Crippen LogP contribution in [0.3, 0.4) is 0 Å². The summed E-state index contributed by atoms with van der Waals surface area (Å²) >= 11 is 1.80. The summed E-state index contributed by atoms with van der Waals surface area (Å²) in [5.41, 5.74) is 0. The Morgan fingerprint density at radius 2 is 2.06 bits per heavy atom. The number of nitrogens with zero attached hydrogens (tertiary/aromatic N) is 1. The molecule has 16 heavy (non-hydrogen) atoms. The van der Waals surface area contributed by atoms with Crippen LogP contribution in [0.2, 0.25) is 0 Å². The van der Waals surface area contributed by atoms with Crippen molar-refractivity contribution in [2.75, 3.05) is 38.5 Å². The fourth-order valence-electron chi connectivity index (χ4n) is 2.13. The number of carbonyl (C=O) groups is 1. The molecule has 2 heterocycles. The average Bonchev–Trinajstić information content (AvgIpc) is 2.26. The van der Waals surface area contributed by atoms with Crippen LogP contribution in [0.25, 0.3) is 0 Å². The topological polar surface area (TPSA) is 52.6 Å². The molecule has 0 bridgehead atoms. The summed E-state index contributed by atoms with van der Waals surface area (Å²) in [6.45, 7) is 3.89. The summed E-state index contributed by atoms with van der Waals surface area (Å²) in [6, 6.07) is 0. The number of likely N-dealkylation sites (tertiary alicyclic amines) is 1. The van der Waals surface area contributed by atoms with Gasteiger partial charge in [0.05, 0.1) is 5.75 Å². The van der Waals surface area contributed by atoms with E-state index in [2.05, 4.69) is 5.32 Å². The van der Waals surface area contributed by atoms with E-state index in [0.717, 1.165) is 26.2 Å². The van der Waals surface area contributed by atoms with Crippen molar-refractivity contribution >= 4 is 17.7 Å². The predicted molar refractivity (Wildman–Crippen MR) is 65.5 cm³/mol. The molecule has 0 atom stereocenters. The first kappa shape index (κ1) is 12.2. The van der Waals surface area contributed by atoms with Crippen LogP contribution < -0.4 is 5.32 Å². The van der Waals surface area contributed by atoms with Crippen LogP contribution in [0.15, 0.2) is 0 Å². The number of amides is 1. The molecule has 2 fully saturated rings. The Morgan fingerprint density at radius 3 is 2.69 bits per heavy atom. The SMILES string of the molecule is O=C(CSC1CCNCC1)N1CC(CO)C1. The third kappa shape index (κ3) is 3.12. The highest BCUT2D eigenvalue weighted by Crippen LogP contribution is 2.22. The molecule has 0 radical (unpaired) electrons. The highest BCUT2D eigenvalue weighted by Gasteiger charge is 2.30. The number of piperidine rings is 1. The third-order valence-electron chi connectivity index (χ3n) is 3.30. The minimum absolute atomic E-state index is 0.214. The Balaban J connectivity index is 1.60. The maximum atomic E-state index is 11.7. The van der Waals surface area contributed by atoms with E-state index < -0.39 is 0 Å². The van der Waals surface area contributed by atoms with E-state index in [9.17, 15) is 4.79 Å². The predicted octanol–water partition coefficient (Wildman–Crippen LogP) is -0.0777. The van der Waals surface area contributed by atoms with Gasteiger partial charge in [-0.2, -0.15) is 0 Å². The molecule has 0 aromatic carbocycles.